The van der Waals surface area contributed by atoms with Gasteiger partial charge in [0.15, 0.2) is 0 Å². The molecule has 0 saturated carbocycles. The van der Waals surface area contributed by atoms with Crippen LogP contribution in [0, 0.1) is 0 Å². The fourth-order valence-corrected chi connectivity index (χ4v) is 1.38. The second kappa shape index (κ2) is 6.05. The summed E-state index contributed by atoms with van der Waals surface area (Å²) in [5.41, 5.74) is 1.48. The normalized spacial score (nSPS) is 10.1. The summed E-state index contributed by atoms with van der Waals surface area (Å²) in [6.07, 6.45) is 0. The number of amides is 3. The summed E-state index contributed by atoms with van der Waals surface area (Å²) >= 11 is 0. The quantitative estimate of drug-likeness (QED) is 0.862. The van der Waals surface area contributed by atoms with Crippen LogP contribution < -0.4 is 15.5 Å². The first-order valence-electron chi connectivity index (χ1n) is 5.82. The predicted octanol–water partition coefficient (Wildman–Crippen LogP) is 2.20. The Bertz CT molecular complexity index is 426. The van der Waals surface area contributed by atoms with Gasteiger partial charge in [0.05, 0.1) is 0 Å². The Morgan fingerprint density at radius 2 is 1.72 bits per heavy atom. The number of rotatable bonds is 3. The first kappa shape index (κ1) is 14.0. The molecule has 1 rings (SSSR count). The molecule has 0 bridgehead atoms. The van der Waals surface area contributed by atoms with Gasteiger partial charge in [0.25, 0.3) is 0 Å². The van der Waals surface area contributed by atoms with Crippen molar-refractivity contribution in [1.82, 2.24) is 5.32 Å². The van der Waals surface area contributed by atoms with Crippen LogP contribution in [0.15, 0.2) is 24.3 Å². The molecule has 5 heteroatoms. The third kappa shape index (κ3) is 4.08. The number of nitrogens with zero attached hydrogens (tertiary/aromatic N) is 1. The minimum absolute atomic E-state index is 0.0340. The molecule has 5 nitrogen and oxygen atoms in total. The van der Waals surface area contributed by atoms with Crippen LogP contribution in [0.5, 0.6) is 0 Å². The lowest BCUT2D eigenvalue weighted by molar-refractivity contribution is -0.116. The maximum Gasteiger partial charge on any atom is 0.319 e. The van der Waals surface area contributed by atoms with Crippen molar-refractivity contribution in [2.45, 2.75) is 26.8 Å². The van der Waals surface area contributed by atoms with E-state index in [9.17, 15) is 9.59 Å². The molecule has 1 aromatic rings. The van der Waals surface area contributed by atoms with Gasteiger partial charge in [-0.3, -0.25) is 4.79 Å². The third-order valence-corrected chi connectivity index (χ3v) is 2.40. The molecule has 0 atom stereocenters. The highest BCUT2D eigenvalue weighted by Gasteiger charge is 2.06. The van der Waals surface area contributed by atoms with Crippen LogP contribution in [-0.4, -0.2) is 25.0 Å². The van der Waals surface area contributed by atoms with Crippen LogP contribution in [0.2, 0.25) is 0 Å². The molecule has 0 aromatic heterocycles. The maximum absolute atomic E-state index is 11.5. The van der Waals surface area contributed by atoms with Crippen molar-refractivity contribution in [3.63, 3.8) is 0 Å². The van der Waals surface area contributed by atoms with Gasteiger partial charge in [-0.25, -0.2) is 4.79 Å². The Morgan fingerprint density at radius 1 is 1.17 bits per heavy atom. The van der Waals surface area contributed by atoms with E-state index in [-0.39, 0.29) is 18.0 Å². The third-order valence-electron chi connectivity index (χ3n) is 2.40. The van der Waals surface area contributed by atoms with E-state index in [2.05, 4.69) is 10.6 Å². The van der Waals surface area contributed by atoms with Gasteiger partial charge in [-0.1, -0.05) is 0 Å². The molecule has 0 saturated heterocycles. The zero-order chi connectivity index (χ0) is 13.7. The van der Waals surface area contributed by atoms with Gasteiger partial charge in [0, 0.05) is 31.4 Å². The van der Waals surface area contributed by atoms with Crippen molar-refractivity contribution in [2.75, 3.05) is 17.3 Å². The Kier molecular flexibility index (Phi) is 4.71. The monoisotopic (exact) mass is 249 g/mol. The molecule has 1 aromatic carbocycles. The molecule has 0 fully saturated rings. The van der Waals surface area contributed by atoms with E-state index in [1.54, 1.807) is 31.3 Å². The highest BCUT2D eigenvalue weighted by atomic mass is 16.2. The first-order chi connectivity index (χ1) is 8.40. The van der Waals surface area contributed by atoms with Crippen LogP contribution in [0.3, 0.4) is 0 Å². The number of urea groups is 1. The topological polar surface area (TPSA) is 61.4 Å². The Labute approximate surface area is 107 Å². The summed E-state index contributed by atoms with van der Waals surface area (Å²) < 4.78 is 0. The zero-order valence-corrected chi connectivity index (χ0v) is 11.2. The summed E-state index contributed by atoms with van der Waals surface area (Å²) in [5.74, 6) is -0.0340. The fraction of sp³-hybridized carbons (Fsp3) is 0.385. The van der Waals surface area contributed by atoms with E-state index in [0.717, 1.165) is 5.69 Å². The van der Waals surface area contributed by atoms with E-state index in [1.807, 2.05) is 13.8 Å². The van der Waals surface area contributed by atoms with Crippen molar-refractivity contribution in [1.29, 1.82) is 0 Å². The molecule has 0 aliphatic rings. The van der Waals surface area contributed by atoms with Crippen LogP contribution in [0.1, 0.15) is 20.8 Å². The summed E-state index contributed by atoms with van der Waals surface area (Å²) in [6.45, 7) is 5.29. The molecular weight excluding hydrogens is 230 g/mol. The number of benzene rings is 1. The molecule has 0 unspecified atom stereocenters. The Balaban J connectivity index is 2.66. The molecular formula is C13H19N3O2. The van der Waals surface area contributed by atoms with E-state index in [4.69, 9.17) is 0 Å². The van der Waals surface area contributed by atoms with Gasteiger partial charge in [0.2, 0.25) is 5.91 Å². The van der Waals surface area contributed by atoms with Crippen LogP contribution in [0.25, 0.3) is 0 Å². The maximum atomic E-state index is 11.5. The lowest BCUT2D eigenvalue weighted by atomic mass is 10.2. The molecule has 0 radical (unpaired) electrons. The average Bonchev–Trinajstić information content (AvgIpc) is 2.27. The minimum atomic E-state index is -0.238. The van der Waals surface area contributed by atoms with Gasteiger partial charge >= 0.3 is 6.03 Å². The van der Waals surface area contributed by atoms with E-state index >= 15 is 0 Å². The summed E-state index contributed by atoms with van der Waals surface area (Å²) in [6, 6.07) is 6.94. The summed E-state index contributed by atoms with van der Waals surface area (Å²) in [5, 5.41) is 5.45. The number of carbonyl (C=O) groups excluding carboxylic acids is 2. The van der Waals surface area contributed by atoms with Crippen molar-refractivity contribution in [2.24, 2.45) is 0 Å². The molecule has 0 heterocycles. The van der Waals surface area contributed by atoms with E-state index < -0.39 is 0 Å². The van der Waals surface area contributed by atoms with Crippen molar-refractivity contribution < 1.29 is 9.59 Å². The molecule has 0 spiro atoms. The Morgan fingerprint density at radius 3 is 2.17 bits per heavy atom. The highest BCUT2D eigenvalue weighted by molar-refractivity contribution is 5.92. The second-order valence-corrected chi connectivity index (χ2v) is 4.38. The number of hydrogen-bond donors (Lipinski definition) is 2. The van der Waals surface area contributed by atoms with Gasteiger partial charge < -0.3 is 15.5 Å². The molecule has 98 valence electrons. The van der Waals surface area contributed by atoms with Gasteiger partial charge in [0.1, 0.15) is 0 Å². The summed E-state index contributed by atoms with van der Waals surface area (Å²) in [4.78, 5) is 24.2. The van der Waals surface area contributed by atoms with Gasteiger partial charge in [-0.05, 0) is 38.1 Å². The van der Waals surface area contributed by atoms with Crippen molar-refractivity contribution >= 4 is 23.3 Å². The van der Waals surface area contributed by atoms with Crippen LogP contribution in [0.4, 0.5) is 16.2 Å². The molecule has 2 N–H and O–H groups in total. The fourth-order valence-electron chi connectivity index (χ4n) is 1.38. The van der Waals surface area contributed by atoms with Crippen LogP contribution >= 0.6 is 0 Å². The van der Waals surface area contributed by atoms with Crippen molar-refractivity contribution in [3.8, 4) is 0 Å². The smallest absolute Gasteiger partial charge is 0.319 e. The number of anilines is 2. The van der Waals surface area contributed by atoms with Crippen molar-refractivity contribution in [3.05, 3.63) is 24.3 Å². The molecule has 0 aliphatic heterocycles. The van der Waals surface area contributed by atoms with Gasteiger partial charge in [-0.2, -0.15) is 0 Å². The first-order valence-corrected chi connectivity index (χ1v) is 5.82. The zero-order valence-electron chi connectivity index (χ0n) is 11.2. The predicted molar refractivity (Wildman–Crippen MR) is 72.8 cm³/mol. The van der Waals surface area contributed by atoms with Gasteiger partial charge in [-0.15, -0.1) is 0 Å². The van der Waals surface area contributed by atoms with E-state index in [0.29, 0.717) is 5.69 Å². The molecule has 0 aliphatic carbocycles. The SMILES string of the molecule is CC(=O)N(C)c1ccc(NC(=O)NC(C)C)cc1. The molecule has 18 heavy (non-hydrogen) atoms. The Hall–Kier alpha value is -2.04. The van der Waals surface area contributed by atoms with Crippen LogP contribution in [-0.2, 0) is 4.79 Å². The highest BCUT2D eigenvalue weighted by Crippen LogP contribution is 2.16. The molecule has 3 amide bonds. The lowest BCUT2D eigenvalue weighted by Crippen LogP contribution is -2.34. The number of nitrogens with one attached hydrogen (secondary N) is 2. The lowest BCUT2D eigenvalue weighted by Gasteiger charge is -2.15. The summed E-state index contributed by atoms with van der Waals surface area (Å²) in [7, 11) is 1.70. The average molecular weight is 249 g/mol. The minimum Gasteiger partial charge on any atom is -0.336 e. The largest absolute Gasteiger partial charge is 0.336 e. The standard InChI is InChI=1S/C13H19N3O2/c1-9(2)14-13(18)15-11-5-7-12(8-6-11)16(4)10(3)17/h5-9H,1-4H3,(H2,14,15,18). The van der Waals surface area contributed by atoms with E-state index in [1.165, 1.54) is 11.8 Å². The number of carbonyl (C=O) groups is 2. The second-order valence-electron chi connectivity index (χ2n) is 4.38. The number of hydrogen-bond acceptors (Lipinski definition) is 2.